The Morgan fingerprint density at radius 1 is 1.37 bits per heavy atom. The molecule has 1 atom stereocenters. The van der Waals surface area contributed by atoms with Crippen molar-refractivity contribution < 1.29 is 5.11 Å². The largest absolute Gasteiger partial charge is 0.388 e. The van der Waals surface area contributed by atoms with Gasteiger partial charge in [0.25, 0.3) is 0 Å². The third-order valence-electron chi connectivity index (χ3n) is 3.39. The molecule has 0 bridgehead atoms. The number of imidazole rings is 1. The van der Waals surface area contributed by atoms with Crippen molar-refractivity contribution in [3.8, 4) is 0 Å². The van der Waals surface area contributed by atoms with Gasteiger partial charge < -0.3 is 14.6 Å². The Balaban J connectivity index is 2.24. The minimum absolute atomic E-state index is 0.417. The number of aromatic nitrogens is 2. The molecule has 0 saturated heterocycles. The van der Waals surface area contributed by atoms with Crippen LogP contribution in [-0.4, -0.2) is 21.7 Å². The van der Waals surface area contributed by atoms with E-state index in [0.717, 1.165) is 23.6 Å². The zero-order valence-electron chi connectivity index (χ0n) is 11.7. The lowest BCUT2D eigenvalue weighted by molar-refractivity contribution is 0.174. The molecule has 1 aromatic heterocycles. The van der Waals surface area contributed by atoms with Gasteiger partial charge in [-0.05, 0) is 12.5 Å². The molecule has 19 heavy (non-hydrogen) atoms. The van der Waals surface area contributed by atoms with Crippen molar-refractivity contribution >= 4 is 5.69 Å². The number of aliphatic hydroxyl groups excluding tert-OH is 1. The first kappa shape index (κ1) is 13.6. The summed E-state index contributed by atoms with van der Waals surface area (Å²) in [5, 5.41) is 10.1. The summed E-state index contributed by atoms with van der Waals surface area (Å²) >= 11 is 0. The van der Waals surface area contributed by atoms with Gasteiger partial charge in [0, 0.05) is 37.7 Å². The first-order valence-corrected chi connectivity index (χ1v) is 6.57. The molecule has 0 spiro atoms. The summed E-state index contributed by atoms with van der Waals surface area (Å²) in [6.07, 6.45) is 4.04. The number of para-hydroxylation sites is 1. The maximum absolute atomic E-state index is 10.1. The number of anilines is 1. The molecule has 102 valence electrons. The normalized spacial score (nSPS) is 12.4. The number of hydrogen-bond acceptors (Lipinski definition) is 3. The van der Waals surface area contributed by atoms with E-state index in [-0.39, 0.29) is 0 Å². The van der Waals surface area contributed by atoms with E-state index in [1.54, 1.807) is 6.20 Å². The Hall–Kier alpha value is -1.81. The van der Waals surface area contributed by atoms with Gasteiger partial charge in [-0.1, -0.05) is 25.1 Å². The summed E-state index contributed by atoms with van der Waals surface area (Å²) in [6, 6.07) is 7.98. The van der Waals surface area contributed by atoms with Crippen LogP contribution < -0.4 is 4.90 Å². The van der Waals surface area contributed by atoms with Crippen molar-refractivity contribution in [1.82, 2.24) is 9.55 Å². The Morgan fingerprint density at radius 2 is 2.11 bits per heavy atom. The van der Waals surface area contributed by atoms with Gasteiger partial charge in [-0.3, -0.25) is 0 Å². The number of aliphatic hydroxyl groups is 1. The van der Waals surface area contributed by atoms with Gasteiger partial charge in [-0.2, -0.15) is 0 Å². The summed E-state index contributed by atoms with van der Waals surface area (Å²) in [6.45, 7) is 2.71. The Kier molecular flexibility index (Phi) is 4.22. The fourth-order valence-electron chi connectivity index (χ4n) is 2.18. The fraction of sp³-hybridized carbons (Fsp3) is 0.400. The van der Waals surface area contributed by atoms with Gasteiger partial charge in [0.15, 0.2) is 0 Å². The topological polar surface area (TPSA) is 41.3 Å². The van der Waals surface area contributed by atoms with Gasteiger partial charge >= 0.3 is 0 Å². The fourth-order valence-corrected chi connectivity index (χ4v) is 2.18. The highest BCUT2D eigenvalue weighted by atomic mass is 16.3. The molecule has 1 N–H and O–H groups in total. The molecule has 0 aliphatic rings. The summed E-state index contributed by atoms with van der Waals surface area (Å²) in [4.78, 5) is 6.46. The Labute approximate surface area is 114 Å². The zero-order chi connectivity index (χ0) is 13.8. The maximum Gasteiger partial charge on any atom is 0.127 e. The lowest BCUT2D eigenvalue weighted by atomic mass is 10.0. The summed E-state index contributed by atoms with van der Waals surface area (Å²) in [7, 11) is 4.01. The molecule has 0 aliphatic carbocycles. The molecule has 0 aliphatic heterocycles. The van der Waals surface area contributed by atoms with Crippen LogP contribution in [0.3, 0.4) is 0 Å². The van der Waals surface area contributed by atoms with Crippen molar-refractivity contribution in [3.05, 3.63) is 48.0 Å². The summed E-state index contributed by atoms with van der Waals surface area (Å²) in [5.74, 6) is 1.00. The third-order valence-corrected chi connectivity index (χ3v) is 3.39. The van der Waals surface area contributed by atoms with Crippen LogP contribution >= 0.6 is 0 Å². The van der Waals surface area contributed by atoms with E-state index in [2.05, 4.69) is 9.88 Å². The molecule has 2 rings (SSSR count). The van der Waals surface area contributed by atoms with E-state index in [4.69, 9.17) is 0 Å². The van der Waals surface area contributed by atoms with Crippen LogP contribution in [0.4, 0.5) is 5.69 Å². The third kappa shape index (κ3) is 2.96. The summed E-state index contributed by atoms with van der Waals surface area (Å²) in [5.41, 5.74) is 2.03. The lowest BCUT2D eigenvalue weighted by Gasteiger charge is -2.24. The lowest BCUT2D eigenvalue weighted by Crippen LogP contribution is -2.21. The zero-order valence-corrected chi connectivity index (χ0v) is 11.7. The van der Waals surface area contributed by atoms with Crippen LogP contribution in [0.15, 0.2) is 36.7 Å². The van der Waals surface area contributed by atoms with E-state index >= 15 is 0 Å². The number of benzene rings is 1. The second-order valence-electron chi connectivity index (χ2n) is 4.79. The van der Waals surface area contributed by atoms with Crippen molar-refractivity contribution in [2.75, 3.05) is 11.9 Å². The molecule has 4 nitrogen and oxygen atoms in total. The first-order chi connectivity index (χ1) is 9.13. The highest BCUT2D eigenvalue weighted by Crippen LogP contribution is 2.28. The first-order valence-electron chi connectivity index (χ1n) is 6.57. The maximum atomic E-state index is 10.1. The molecule has 0 amide bonds. The van der Waals surface area contributed by atoms with E-state index in [9.17, 15) is 5.11 Å². The molecule has 0 saturated carbocycles. The van der Waals surface area contributed by atoms with Crippen molar-refractivity contribution in [3.63, 3.8) is 0 Å². The number of aryl methyl sites for hydroxylation is 1. The quantitative estimate of drug-likeness (QED) is 0.897. The standard InChI is InChI=1S/C15H21N3O/c1-4-14(19)12-7-5-6-8-13(12)18(3)11-15-16-9-10-17(15)2/h5-10,14,19H,4,11H2,1-3H3. The molecule has 1 heterocycles. The van der Waals surface area contributed by atoms with Crippen LogP contribution in [0, 0.1) is 0 Å². The highest BCUT2D eigenvalue weighted by molar-refractivity contribution is 5.54. The van der Waals surface area contributed by atoms with Crippen LogP contribution in [-0.2, 0) is 13.6 Å². The predicted octanol–water partition coefficient (Wildman–Crippen LogP) is 2.50. The number of nitrogens with zero attached hydrogens (tertiary/aromatic N) is 3. The molecule has 0 fully saturated rings. The van der Waals surface area contributed by atoms with Crippen molar-refractivity contribution in [2.24, 2.45) is 7.05 Å². The molecule has 2 aromatic rings. The average Bonchev–Trinajstić information content (AvgIpc) is 2.83. The molecular weight excluding hydrogens is 238 g/mol. The van der Waals surface area contributed by atoms with E-state index in [0.29, 0.717) is 6.42 Å². The molecule has 0 radical (unpaired) electrons. The van der Waals surface area contributed by atoms with Gasteiger partial charge in [-0.15, -0.1) is 0 Å². The monoisotopic (exact) mass is 259 g/mol. The molecule has 1 aromatic carbocycles. The van der Waals surface area contributed by atoms with Crippen LogP contribution in [0.25, 0.3) is 0 Å². The van der Waals surface area contributed by atoms with Gasteiger partial charge in [-0.25, -0.2) is 4.98 Å². The smallest absolute Gasteiger partial charge is 0.127 e. The van der Waals surface area contributed by atoms with Gasteiger partial charge in [0.2, 0.25) is 0 Å². The van der Waals surface area contributed by atoms with E-state index in [1.165, 1.54) is 0 Å². The van der Waals surface area contributed by atoms with Crippen LogP contribution in [0.1, 0.15) is 30.8 Å². The Bertz CT molecular complexity index is 536. The molecule has 1 unspecified atom stereocenters. The van der Waals surface area contributed by atoms with E-state index in [1.807, 2.05) is 56.0 Å². The Morgan fingerprint density at radius 3 is 2.74 bits per heavy atom. The highest BCUT2D eigenvalue weighted by Gasteiger charge is 2.14. The van der Waals surface area contributed by atoms with Crippen LogP contribution in [0.2, 0.25) is 0 Å². The van der Waals surface area contributed by atoms with Crippen LogP contribution in [0.5, 0.6) is 0 Å². The molecule has 4 heteroatoms. The van der Waals surface area contributed by atoms with Crippen molar-refractivity contribution in [1.29, 1.82) is 0 Å². The second-order valence-corrected chi connectivity index (χ2v) is 4.79. The molecular formula is C15H21N3O. The predicted molar refractivity (Wildman–Crippen MR) is 77.0 cm³/mol. The van der Waals surface area contributed by atoms with Gasteiger partial charge in [0.1, 0.15) is 5.82 Å². The number of rotatable bonds is 5. The minimum atomic E-state index is -0.417. The minimum Gasteiger partial charge on any atom is -0.388 e. The van der Waals surface area contributed by atoms with E-state index < -0.39 is 6.10 Å². The number of hydrogen-bond donors (Lipinski definition) is 1. The second kappa shape index (κ2) is 5.89. The SMILES string of the molecule is CCC(O)c1ccccc1N(C)Cc1nccn1C. The van der Waals surface area contributed by atoms with Crippen molar-refractivity contribution in [2.45, 2.75) is 26.0 Å². The average molecular weight is 259 g/mol. The van der Waals surface area contributed by atoms with Gasteiger partial charge in [0.05, 0.1) is 12.6 Å². The summed E-state index contributed by atoms with van der Waals surface area (Å²) < 4.78 is 2.01.